The molecular formula is C11H12ClF3N2O. The fourth-order valence-electron chi connectivity index (χ4n) is 1.75. The van der Waals surface area contributed by atoms with E-state index in [1.165, 1.54) is 0 Å². The molecule has 2 rings (SSSR count). The number of ether oxygens (including phenoxy) is 1. The quantitative estimate of drug-likeness (QED) is 0.904. The van der Waals surface area contributed by atoms with Crippen LogP contribution in [0.25, 0.3) is 0 Å². The van der Waals surface area contributed by atoms with Gasteiger partial charge in [-0.3, -0.25) is 0 Å². The molecule has 1 aromatic heterocycles. The number of hydrogen-bond acceptors (Lipinski definition) is 3. The minimum Gasteiger partial charge on any atom is -0.472 e. The van der Waals surface area contributed by atoms with Gasteiger partial charge < -0.3 is 10.1 Å². The Bertz CT molecular complexity index is 419. The molecule has 1 aliphatic rings. The van der Waals surface area contributed by atoms with Crippen molar-refractivity contribution in [3.63, 3.8) is 0 Å². The molecule has 1 atom stereocenters. The Morgan fingerprint density at radius 2 is 2.22 bits per heavy atom. The fraction of sp³-hybridized carbons (Fsp3) is 0.545. The number of nitrogens with one attached hydrogen (secondary N) is 1. The minimum atomic E-state index is -4.44. The zero-order valence-corrected chi connectivity index (χ0v) is 10.2. The second kappa shape index (κ2) is 5.32. The van der Waals surface area contributed by atoms with E-state index in [-0.39, 0.29) is 17.0 Å². The molecule has 1 aliphatic heterocycles. The first-order chi connectivity index (χ1) is 8.47. The van der Waals surface area contributed by atoms with Gasteiger partial charge in [-0.1, -0.05) is 11.6 Å². The van der Waals surface area contributed by atoms with Crippen molar-refractivity contribution in [2.45, 2.75) is 25.1 Å². The summed E-state index contributed by atoms with van der Waals surface area (Å²) in [6, 6.07) is 0.833. The Morgan fingerprint density at radius 3 is 2.78 bits per heavy atom. The van der Waals surface area contributed by atoms with Gasteiger partial charge >= 0.3 is 6.18 Å². The van der Waals surface area contributed by atoms with Crippen LogP contribution in [0.1, 0.15) is 18.4 Å². The van der Waals surface area contributed by atoms with Crippen LogP contribution in [0.2, 0.25) is 5.02 Å². The van der Waals surface area contributed by atoms with E-state index in [1.807, 2.05) is 0 Å². The minimum absolute atomic E-state index is 0.0540. The van der Waals surface area contributed by atoms with E-state index < -0.39 is 11.7 Å². The lowest BCUT2D eigenvalue weighted by Gasteiger charge is -2.23. The third-order valence-corrected chi connectivity index (χ3v) is 2.94. The maximum atomic E-state index is 12.4. The van der Waals surface area contributed by atoms with Gasteiger partial charge in [0.15, 0.2) is 0 Å². The van der Waals surface area contributed by atoms with Crippen LogP contribution in [-0.2, 0) is 6.18 Å². The summed E-state index contributed by atoms with van der Waals surface area (Å²) in [5, 5.41) is 3.02. The summed E-state index contributed by atoms with van der Waals surface area (Å²) < 4.78 is 42.7. The van der Waals surface area contributed by atoms with Gasteiger partial charge in [0, 0.05) is 12.7 Å². The smallest absolute Gasteiger partial charge is 0.417 e. The molecule has 1 fully saturated rings. The van der Waals surface area contributed by atoms with Crippen molar-refractivity contribution in [1.29, 1.82) is 0 Å². The highest BCUT2D eigenvalue weighted by atomic mass is 35.5. The van der Waals surface area contributed by atoms with E-state index >= 15 is 0 Å². The standard InChI is InChI=1S/C11H12ClF3N2O/c12-9-4-7(11(13,14)15)5-17-10(9)18-8-2-1-3-16-6-8/h4-5,8,16H,1-3,6H2/t8-/m0/s1. The Labute approximate surface area is 107 Å². The van der Waals surface area contributed by atoms with E-state index in [0.717, 1.165) is 31.6 Å². The number of halogens is 4. The van der Waals surface area contributed by atoms with Crippen LogP contribution < -0.4 is 10.1 Å². The molecular weight excluding hydrogens is 269 g/mol. The first-order valence-corrected chi connectivity index (χ1v) is 5.95. The predicted octanol–water partition coefficient (Wildman–Crippen LogP) is 2.88. The molecule has 2 heterocycles. The Kier molecular flexibility index (Phi) is 3.97. The van der Waals surface area contributed by atoms with Gasteiger partial charge in [0.05, 0.1) is 5.56 Å². The maximum absolute atomic E-state index is 12.4. The largest absolute Gasteiger partial charge is 0.472 e. The van der Waals surface area contributed by atoms with Crippen LogP contribution in [0.15, 0.2) is 12.3 Å². The first kappa shape index (κ1) is 13.4. The second-order valence-corrected chi connectivity index (χ2v) is 4.50. The zero-order chi connectivity index (χ0) is 13.2. The number of aromatic nitrogens is 1. The summed E-state index contributed by atoms with van der Waals surface area (Å²) in [6.45, 7) is 1.58. The Hall–Kier alpha value is -1.01. The molecule has 0 radical (unpaired) electrons. The number of pyridine rings is 1. The normalized spacial score (nSPS) is 20.8. The van der Waals surface area contributed by atoms with E-state index in [0.29, 0.717) is 6.54 Å². The number of rotatable bonds is 2. The number of alkyl halides is 3. The molecule has 7 heteroatoms. The lowest BCUT2D eigenvalue weighted by molar-refractivity contribution is -0.137. The Morgan fingerprint density at radius 1 is 1.44 bits per heavy atom. The molecule has 18 heavy (non-hydrogen) atoms. The van der Waals surface area contributed by atoms with Crippen molar-refractivity contribution in [2.75, 3.05) is 13.1 Å². The lowest BCUT2D eigenvalue weighted by atomic mass is 10.1. The van der Waals surface area contributed by atoms with Crippen LogP contribution in [0.3, 0.4) is 0 Å². The van der Waals surface area contributed by atoms with E-state index in [1.54, 1.807) is 0 Å². The summed E-state index contributed by atoms with van der Waals surface area (Å²) >= 11 is 5.75. The van der Waals surface area contributed by atoms with Crippen molar-refractivity contribution < 1.29 is 17.9 Å². The molecule has 0 spiro atoms. The van der Waals surface area contributed by atoms with Crippen molar-refractivity contribution in [3.8, 4) is 5.88 Å². The molecule has 0 unspecified atom stereocenters. The highest BCUT2D eigenvalue weighted by Crippen LogP contribution is 2.33. The van der Waals surface area contributed by atoms with E-state index in [2.05, 4.69) is 10.3 Å². The van der Waals surface area contributed by atoms with Gasteiger partial charge in [0.25, 0.3) is 0 Å². The summed E-state index contributed by atoms with van der Waals surface area (Å²) in [5.41, 5.74) is -0.874. The average Bonchev–Trinajstić information content (AvgIpc) is 2.32. The van der Waals surface area contributed by atoms with Gasteiger partial charge in [-0.15, -0.1) is 0 Å². The van der Waals surface area contributed by atoms with E-state index in [4.69, 9.17) is 16.3 Å². The number of piperidine rings is 1. The monoisotopic (exact) mass is 280 g/mol. The summed E-state index contributed by atoms with van der Waals surface area (Å²) in [5.74, 6) is 0.0540. The molecule has 3 nitrogen and oxygen atoms in total. The lowest BCUT2D eigenvalue weighted by Crippen LogP contribution is -2.37. The number of nitrogens with zero attached hydrogens (tertiary/aromatic N) is 1. The molecule has 0 saturated carbocycles. The highest BCUT2D eigenvalue weighted by Gasteiger charge is 2.32. The zero-order valence-electron chi connectivity index (χ0n) is 9.43. The molecule has 0 aromatic carbocycles. The maximum Gasteiger partial charge on any atom is 0.417 e. The molecule has 100 valence electrons. The molecule has 0 bridgehead atoms. The van der Waals surface area contributed by atoms with Crippen LogP contribution >= 0.6 is 11.6 Å². The van der Waals surface area contributed by atoms with Crippen molar-refractivity contribution in [1.82, 2.24) is 10.3 Å². The average molecular weight is 281 g/mol. The third kappa shape index (κ3) is 3.26. The van der Waals surface area contributed by atoms with Crippen LogP contribution in [0.4, 0.5) is 13.2 Å². The molecule has 0 aliphatic carbocycles. The van der Waals surface area contributed by atoms with Gasteiger partial charge in [-0.25, -0.2) is 4.98 Å². The molecule has 1 N–H and O–H groups in total. The highest BCUT2D eigenvalue weighted by molar-refractivity contribution is 6.31. The van der Waals surface area contributed by atoms with E-state index in [9.17, 15) is 13.2 Å². The predicted molar refractivity (Wildman–Crippen MR) is 60.8 cm³/mol. The first-order valence-electron chi connectivity index (χ1n) is 5.57. The second-order valence-electron chi connectivity index (χ2n) is 4.09. The Balaban J connectivity index is 2.09. The van der Waals surface area contributed by atoms with Crippen LogP contribution in [0, 0.1) is 0 Å². The summed E-state index contributed by atoms with van der Waals surface area (Å²) in [6.07, 6.45) is -2.01. The molecule has 1 aromatic rings. The van der Waals surface area contributed by atoms with Crippen LogP contribution in [0.5, 0.6) is 5.88 Å². The SMILES string of the molecule is FC(F)(F)c1cnc(O[C@H]2CCCNC2)c(Cl)c1. The van der Waals surface area contributed by atoms with Gasteiger partial charge in [-0.2, -0.15) is 13.2 Å². The van der Waals surface area contributed by atoms with Gasteiger partial charge in [0.1, 0.15) is 11.1 Å². The third-order valence-electron chi connectivity index (χ3n) is 2.66. The van der Waals surface area contributed by atoms with Gasteiger partial charge in [0.2, 0.25) is 5.88 Å². The fourth-order valence-corrected chi connectivity index (χ4v) is 1.96. The van der Waals surface area contributed by atoms with Crippen molar-refractivity contribution in [3.05, 3.63) is 22.8 Å². The topological polar surface area (TPSA) is 34.1 Å². The molecule has 1 saturated heterocycles. The van der Waals surface area contributed by atoms with Crippen molar-refractivity contribution >= 4 is 11.6 Å². The van der Waals surface area contributed by atoms with Gasteiger partial charge in [-0.05, 0) is 25.5 Å². The van der Waals surface area contributed by atoms with Crippen LogP contribution in [-0.4, -0.2) is 24.2 Å². The van der Waals surface area contributed by atoms with Crippen molar-refractivity contribution in [2.24, 2.45) is 0 Å². The molecule has 0 amide bonds. The summed E-state index contributed by atoms with van der Waals surface area (Å²) in [4.78, 5) is 3.64. The number of hydrogen-bond donors (Lipinski definition) is 1. The summed E-state index contributed by atoms with van der Waals surface area (Å²) in [7, 11) is 0.